The number of hydrogen-bond donors (Lipinski definition) is 1. The monoisotopic (exact) mass is 287 g/mol. The van der Waals surface area contributed by atoms with E-state index in [0.29, 0.717) is 18.4 Å². The summed E-state index contributed by atoms with van der Waals surface area (Å²) < 4.78 is 5.33. The van der Waals surface area contributed by atoms with E-state index in [-0.39, 0.29) is 5.97 Å². The van der Waals surface area contributed by atoms with Crippen LogP contribution < -0.4 is 5.32 Å². The van der Waals surface area contributed by atoms with Crippen LogP contribution in [0.5, 0.6) is 0 Å². The molecule has 0 amide bonds. The lowest BCUT2D eigenvalue weighted by Gasteiger charge is -2.32. The molecule has 1 N–H and O–H groups in total. The first-order chi connectivity index (χ1) is 9.10. The highest BCUT2D eigenvalue weighted by Gasteiger charge is 2.51. The molecule has 3 nitrogen and oxygen atoms in total. The zero-order valence-corrected chi connectivity index (χ0v) is 13.6. The summed E-state index contributed by atoms with van der Waals surface area (Å²) in [6.45, 7) is 9.72. The summed E-state index contributed by atoms with van der Waals surface area (Å²) in [7, 11) is 0. The molecule has 1 rings (SSSR count). The van der Waals surface area contributed by atoms with Crippen LogP contribution in [0.2, 0.25) is 0 Å². The zero-order valence-electron chi connectivity index (χ0n) is 12.8. The van der Waals surface area contributed by atoms with Gasteiger partial charge in [-0.2, -0.15) is 11.8 Å². The molecule has 0 saturated heterocycles. The number of thioether (sulfide) groups is 1. The van der Waals surface area contributed by atoms with Crippen molar-refractivity contribution in [1.29, 1.82) is 0 Å². The number of esters is 1. The maximum atomic E-state index is 12.4. The average Bonchev–Trinajstić information content (AvgIpc) is 3.22. The molecule has 2 atom stereocenters. The van der Waals surface area contributed by atoms with Crippen LogP contribution in [0.15, 0.2) is 0 Å². The second-order valence-corrected chi connectivity index (χ2v) is 6.56. The Balaban J connectivity index is 2.64. The molecule has 0 aromatic carbocycles. The van der Waals surface area contributed by atoms with Gasteiger partial charge in [0.05, 0.1) is 6.61 Å². The number of carbonyl (C=O) groups excluding carboxylic acids is 1. The molecule has 0 aliphatic heterocycles. The largest absolute Gasteiger partial charge is 0.465 e. The molecule has 0 heterocycles. The Morgan fingerprint density at radius 1 is 1.42 bits per heavy atom. The van der Waals surface area contributed by atoms with Crippen LogP contribution in [0.4, 0.5) is 0 Å². The van der Waals surface area contributed by atoms with E-state index in [9.17, 15) is 4.79 Å². The average molecular weight is 287 g/mol. The van der Waals surface area contributed by atoms with Gasteiger partial charge in [0.2, 0.25) is 0 Å². The second kappa shape index (κ2) is 8.15. The van der Waals surface area contributed by atoms with Crippen molar-refractivity contribution in [2.75, 3.05) is 24.7 Å². The minimum absolute atomic E-state index is 0.0454. The van der Waals surface area contributed by atoms with Crippen molar-refractivity contribution in [3.63, 3.8) is 0 Å². The van der Waals surface area contributed by atoms with Crippen LogP contribution in [0.3, 0.4) is 0 Å². The molecule has 1 fully saturated rings. The lowest BCUT2D eigenvalue weighted by atomic mass is 9.95. The molecular formula is C15H29NO2S. The fourth-order valence-electron chi connectivity index (χ4n) is 2.30. The van der Waals surface area contributed by atoms with E-state index in [4.69, 9.17) is 4.74 Å². The number of rotatable bonds is 10. The van der Waals surface area contributed by atoms with Gasteiger partial charge in [0.15, 0.2) is 0 Å². The Kier molecular flexibility index (Phi) is 7.22. The smallest absolute Gasteiger partial charge is 0.327 e. The number of ether oxygens (including phenoxy) is 1. The van der Waals surface area contributed by atoms with E-state index in [1.165, 1.54) is 6.42 Å². The third kappa shape index (κ3) is 4.67. The van der Waals surface area contributed by atoms with Gasteiger partial charge in [-0.1, -0.05) is 27.2 Å². The van der Waals surface area contributed by atoms with E-state index >= 15 is 0 Å². The maximum absolute atomic E-state index is 12.4. The summed E-state index contributed by atoms with van der Waals surface area (Å²) in [4.78, 5) is 12.4. The minimum atomic E-state index is -0.442. The van der Waals surface area contributed by atoms with Crippen LogP contribution in [-0.2, 0) is 9.53 Å². The molecule has 0 aromatic rings. The Hall–Kier alpha value is -0.220. The van der Waals surface area contributed by atoms with Crippen molar-refractivity contribution in [2.24, 2.45) is 11.8 Å². The van der Waals surface area contributed by atoms with Gasteiger partial charge in [0.1, 0.15) is 5.54 Å². The second-order valence-electron chi connectivity index (χ2n) is 5.52. The van der Waals surface area contributed by atoms with Gasteiger partial charge in [-0.15, -0.1) is 0 Å². The van der Waals surface area contributed by atoms with E-state index < -0.39 is 5.54 Å². The third-order valence-electron chi connectivity index (χ3n) is 3.84. The SMILES string of the molecule is CCNC(CSCC(C)CC)(C(=O)OCC)C1CC1. The van der Waals surface area contributed by atoms with Crippen LogP contribution in [0.1, 0.15) is 47.0 Å². The topological polar surface area (TPSA) is 38.3 Å². The highest BCUT2D eigenvalue weighted by molar-refractivity contribution is 7.99. The molecule has 1 saturated carbocycles. The summed E-state index contributed by atoms with van der Waals surface area (Å²) >= 11 is 1.89. The van der Waals surface area contributed by atoms with Crippen molar-refractivity contribution >= 4 is 17.7 Å². The van der Waals surface area contributed by atoms with Gasteiger partial charge in [-0.05, 0) is 43.9 Å². The molecule has 0 aromatic heterocycles. The van der Waals surface area contributed by atoms with Crippen LogP contribution in [-0.4, -0.2) is 36.2 Å². The number of carbonyl (C=O) groups is 1. The predicted octanol–water partition coefficient (Wildman–Crippen LogP) is 3.09. The quantitative estimate of drug-likeness (QED) is 0.627. The maximum Gasteiger partial charge on any atom is 0.327 e. The molecule has 19 heavy (non-hydrogen) atoms. The number of nitrogens with one attached hydrogen (secondary N) is 1. The number of likely N-dealkylation sites (N-methyl/N-ethyl adjacent to an activating group) is 1. The Morgan fingerprint density at radius 3 is 2.58 bits per heavy atom. The molecule has 112 valence electrons. The Labute approximate surface area is 122 Å². The fraction of sp³-hybridized carbons (Fsp3) is 0.933. The fourth-order valence-corrected chi connectivity index (χ4v) is 3.83. The molecular weight excluding hydrogens is 258 g/mol. The van der Waals surface area contributed by atoms with Gasteiger partial charge >= 0.3 is 5.97 Å². The first-order valence-corrected chi connectivity index (χ1v) is 8.76. The van der Waals surface area contributed by atoms with Gasteiger partial charge in [0.25, 0.3) is 0 Å². The van der Waals surface area contributed by atoms with Gasteiger partial charge in [-0.3, -0.25) is 4.79 Å². The van der Waals surface area contributed by atoms with E-state index in [0.717, 1.165) is 30.9 Å². The van der Waals surface area contributed by atoms with Gasteiger partial charge in [-0.25, -0.2) is 0 Å². The minimum Gasteiger partial charge on any atom is -0.465 e. The van der Waals surface area contributed by atoms with Gasteiger partial charge < -0.3 is 10.1 Å². The van der Waals surface area contributed by atoms with Crippen molar-refractivity contribution in [2.45, 2.75) is 52.5 Å². The molecule has 0 spiro atoms. The first kappa shape index (κ1) is 16.8. The zero-order chi connectivity index (χ0) is 14.3. The van der Waals surface area contributed by atoms with E-state index in [1.807, 2.05) is 18.7 Å². The van der Waals surface area contributed by atoms with Crippen LogP contribution in [0, 0.1) is 11.8 Å². The van der Waals surface area contributed by atoms with Crippen molar-refractivity contribution in [3.05, 3.63) is 0 Å². The first-order valence-electron chi connectivity index (χ1n) is 7.60. The predicted molar refractivity (Wildman–Crippen MR) is 82.5 cm³/mol. The summed E-state index contributed by atoms with van der Waals surface area (Å²) in [5, 5.41) is 3.44. The van der Waals surface area contributed by atoms with Gasteiger partial charge in [0, 0.05) is 5.75 Å². The van der Waals surface area contributed by atoms with Crippen LogP contribution in [0.25, 0.3) is 0 Å². The van der Waals surface area contributed by atoms with E-state index in [1.54, 1.807) is 0 Å². The molecule has 0 radical (unpaired) electrons. The Morgan fingerprint density at radius 2 is 2.11 bits per heavy atom. The summed E-state index contributed by atoms with van der Waals surface area (Å²) in [6, 6.07) is 0. The van der Waals surface area contributed by atoms with Crippen molar-refractivity contribution < 1.29 is 9.53 Å². The molecule has 4 heteroatoms. The molecule has 2 unspecified atom stereocenters. The standard InChI is InChI=1S/C15H29NO2S/c1-5-12(4)10-19-11-15(16-6-2,13-8-9-13)14(17)18-7-3/h12-13,16H,5-11H2,1-4H3. The summed E-state index contributed by atoms with van der Waals surface area (Å²) in [6.07, 6.45) is 3.50. The summed E-state index contributed by atoms with van der Waals surface area (Å²) in [5.41, 5.74) is -0.442. The molecule has 1 aliphatic carbocycles. The van der Waals surface area contributed by atoms with E-state index in [2.05, 4.69) is 26.1 Å². The third-order valence-corrected chi connectivity index (χ3v) is 5.30. The number of hydrogen-bond acceptors (Lipinski definition) is 4. The normalized spacial score (nSPS) is 19.8. The highest BCUT2D eigenvalue weighted by atomic mass is 32.2. The highest BCUT2D eigenvalue weighted by Crippen LogP contribution is 2.42. The van der Waals surface area contributed by atoms with Crippen molar-refractivity contribution in [1.82, 2.24) is 5.32 Å². The van der Waals surface area contributed by atoms with Crippen LogP contribution >= 0.6 is 11.8 Å². The summed E-state index contributed by atoms with van der Waals surface area (Å²) in [5.74, 6) is 3.10. The lowest BCUT2D eigenvalue weighted by molar-refractivity contribution is -0.151. The lowest BCUT2D eigenvalue weighted by Crippen LogP contribution is -2.57. The van der Waals surface area contributed by atoms with Crippen molar-refractivity contribution in [3.8, 4) is 0 Å². The molecule has 1 aliphatic rings. The Bertz CT molecular complexity index is 281. The molecule has 0 bridgehead atoms.